The number of benzene rings is 8. The topological polar surface area (TPSA) is 34.2 Å². The molecule has 2 unspecified atom stereocenters. The van der Waals surface area contributed by atoms with E-state index >= 15 is 0 Å². The van der Waals surface area contributed by atoms with Crippen molar-refractivity contribution in [2.75, 3.05) is 5.32 Å². The summed E-state index contributed by atoms with van der Waals surface area (Å²) in [5.74, 6) is 0.433. The van der Waals surface area contributed by atoms with Gasteiger partial charge in [-0.15, -0.1) is 11.3 Å². The zero-order valence-electron chi connectivity index (χ0n) is 31.8. The van der Waals surface area contributed by atoms with Crippen LogP contribution in [-0.4, -0.2) is 14.8 Å². The smallest absolute Gasteiger partial charge is 0.148 e. The number of allylic oxidation sites excluding steroid dienone is 1. The lowest BCUT2D eigenvalue weighted by Crippen LogP contribution is -2.30. The van der Waals surface area contributed by atoms with Gasteiger partial charge in [0.1, 0.15) is 6.17 Å². The number of aliphatic imine (C=N–C) groups is 1. The van der Waals surface area contributed by atoms with Gasteiger partial charge >= 0.3 is 0 Å². The molecule has 5 heteroatoms. The molecular formula is C53H36N4S. The second kappa shape index (κ2) is 12.0. The molecule has 4 nitrogen and oxygen atoms in total. The van der Waals surface area contributed by atoms with Crippen molar-refractivity contribution in [3.05, 3.63) is 181 Å². The summed E-state index contributed by atoms with van der Waals surface area (Å²) in [7, 11) is 0. The number of nitrogens with zero attached hydrogens (tertiary/aromatic N) is 3. The molecule has 1 aliphatic carbocycles. The maximum atomic E-state index is 5.57. The molecule has 11 aromatic rings. The van der Waals surface area contributed by atoms with E-state index < -0.39 is 0 Å². The number of fused-ring (bicyclic) bond motifs is 14. The fraction of sp³-hybridized carbons (Fsp3) is 0.0755. The first-order valence-electron chi connectivity index (χ1n) is 20.2. The van der Waals surface area contributed by atoms with E-state index in [0.717, 1.165) is 29.1 Å². The molecule has 0 fully saturated rings. The van der Waals surface area contributed by atoms with Crippen LogP contribution < -0.4 is 5.32 Å². The highest BCUT2D eigenvalue weighted by atomic mass is 32.1. The van der Waals surface area contributed by atoms with Crippen molar-refractivity contribution in [1.29, 1.82) is 0 Å². The fourth-order valence-corrected chi connectivity index (χ4v) is 11.4. The Morgan fingerprint density at radius 2 is 1.36 bits per heavy atom. The zero-order valence-corrected chi connectivity index (χ0v) is 32.6. The van der Waals surface area contributed by atoms with Crippen LogP contribution in [0.5, 0.6) is 0 Å². The third-order valence-corrected chi connectivity index (χ3v) is 13.9. The van der Waals surface area contributed by atoms with Gasteiger partial charge in [0.25, 0.3) is 0 Å². The number of rotatable bonds is 3. The summed E-state index contributed by atoms with van der Waals surface area (Å²) in [5, 5.41) is 15.4. The van der Waals surface area contributed by atoms with Crippen molar-refractivity contribution in [3.8, 4) is 5.69 Å². The summed E-state index contributed by atoms with van der Waals surface area (Å²) >= 11 is 1.85. The Morgan fingerprint density at radius 3 is 2.28 bits per heavy atom. The van der Waals surface area contributed by atoms with Gasteiger partial charge in [-0.05, 0) is 88.7 Å². The molecule has 13 rings (SSSR count). The first-order chi connectivity index (χ1) is 28.7. The van der Waals surface area contributed by atoms with Gasteiger partial charge in [0.05, 0.1) is 39.3 Å². The van der Waals surface area contributed by atoms with E-state index in [0.29, 0.717) is 5.92 Å². The van der Waals surface area contributed by atoms with Crippen LogP contribution in [0.15, 0.2) is 169 Å². The fourth-order valence-electron chi connectivity index (χ4n) is 10.3. The summed E-state index contributed by atoms with van der Waals surface area (Å²) in [6.07, 6.45) is 5.48. The molecule has 0 spiro atoms. The molecule has 0 radical (unpaired) electrons. The summed E-state index contributed by atoms with van der Waals surface area (Å²) < 4.78 is 7.62. The summed E-state index contributed by atoms with van der Waals surface area (Å²) in [6.45, 7) is 2.37. The molecule has 3 aromatic heterocycles. The Labute approximate surface area is 338 Å². The Morgan fingerprint density at radius 1 is 0.621 bits per heavy atom. The van der Waals surface area contributed by atoms with Crippen LogP contribution in [0.3, 0.4) is 0 Å². The minimum atomic E-state index is -0.279. The number of thiophene rings is 1. The Bertz CT molecular complexity index is 3610. The maximum absolute atomic E-state index is 5.57. The molecule has 2 atom stereocenters. The van der Waals surface area contributed by atoms with Crippen LogP contribution in [0.4, 0.5) is 11.4 Å². The van der Waals surface area contributed by atoms with Gasteiger partial charge in [0.15, 0.2) is 0 Å². The molecule has 0 saturated heterocycles. The molecule has 274 valence electrons. The molecule has 1 aliphatic heterocycles. The van der Waals surface area contributed by atoms with Crippen molar-refractivity contribution in [1.82, 2.24) is 9.13 Å². The average Bonchev–Trinajstić information content (AvgIpc) is 3.94. The van der Waals surface area contributed by atoms with Crippen LogP contribution in [0.2, 0.25) is 0 Å². The van der Waals surface area contributed by atoms with Gasteiger partial charge in [0, 0.05) is 53.0 Å². The van der Waals surface area contributed by atoms with Crippen LogP contribution in [0.25, 0.3) is 86.2 Å². The number of nitrogens with one attached hydrogen (secondary N) is 1. The van der Waals surface area contributed by atoms with E-state index in [4.69, 9.17) is 4.99 Å². The highest BCUT2D eigenvalue weighted by Crippen LogP contribution is 2.46. The number of para-hydroxylation sites is 2. The van der Waals surface area contributed by atoms with Gasteiger partial charge in [-0.2, -0.15) is 0 Å². The van der Waals surface area contributed by atoms with Crippen LogP contribution >= 0.6 is 11.3 Å². The molecule has 58 heavy (non-hydrogen) atoms. The van der Waals surface area contributed by atoms with Crippen LogP contribution in [0.1, 0.15) is 42.2 Å². The van der Waals surface area contributed by atoms with Crippen molar-refractivity contribution in [2.45, 2.75) is 25.4 Å². The number of hydrogen-bond donors (Lipinski definition) is 1. The van der Waals surface area contributed by atoms with Gasteiger partial charge in [-0.3, -0.25) is 0 Å². The molecule has 0 amide bonds. The Hall–Kier alpha value is -6.95. The van der Waals surface area contributed by atoms with Crippen LogP contribution in [-0.2, 0) is 0 Å². The second-order valence-electron chi connectivity index (χ2n) is 15.9. The third-order valence-electron chi connectivity index (χ3n) is 12.8. The normalized spacial score (nSPS) is 16.5. The van der Waals surface area contributed by atoms with E-state index in [1.54, 1.807) is 0 Å². The van der Waals surface area contributed by atoms with Gasteiger partial charge in [0.2, 0.25) is 0 Å². The number of anilines is 1. The molecule has 0 bridgehead atoms. The highest BCUT2D eigenvalue weighted by Gasteiger charge is 2.31. The number of hydrogen-bond acceptors (Lipinski definition) is 3. The van der Waals surface area contributed by atoms with Gasteiger partial charge in [-0.1, -0.05) is 122 Å². The van der Waals surface area contributed by atoms with Gasteiger partial charge < -0.3 is 14.5 Å². The zero-order chi connectivity index (χ0) is 38.1. The minimum Gasteiger partial charge on any atom is -0.358 e. The Balaban J connectivity index is 1.13. The predicted molar refractivity (Wildman–Crippen MR) is 248 cm³/mol. The number of aromatic nitrogens is 2. The van der Waals surface area contributed by atoms with E-state index in [-0.39, 0.29) is 6.17 Å². The van der Waals surface area contributed by atoms with Crippen molar-refractivity contribution < 1.29 is 0 Å². The minimum absolute atomic E-state index is 0.279. The lowest BCUT2D eigenvalue weighted by atomic mass is 9.90. The lowest BCUT2D eigenvalue weighted by Gasteiger charge is -2.30. The SMILES string of the molecule is CC1CC=Cc2c1c1ccc3ccccc3c1n2-c1ccc2c(c1)c1c3ccccc3ccc1n2C1Nc2ccccc2N=C1c1cccc2sc3ccccc3c12. The van der Waals surface area contributed by atoms with Crippen molar-refractivity contribution >= 4 is 109 Å². The lowest BCUT2D eigenvalue weighted by molar-refractivity contribution is 0.759. The first-order valence-corrected chi connectivity index (χ1v) is 21.0. The second-order valence-corrected chi connectivity index (χ2v) is 17.0. The molecule has 0 saturated carbocycles. The summed E-state index contributed by atoms with van der Waals surface area (Å²) in [5.41, 5.74) is 11.7. The van der Waals surface area contributed by atoms with Gasteiger partial charge in [-0.25, -0.2) is 4.99 Å². The monoisotopic (exact) mass is 760 g/mol. The molecular weight excluding hydrogens is 725 g/mol. The summed E-state index contributed by atoms with van der Waals surface area (Å²) in [6, 6.07) is 58.1. The van der Waals surface area contributed by atoms with E-state index in [9.17, 15) is 0 Å². The van der Waals surface area contributed by atoms with E-state index in [2.05, 4.69) is 191 Å². The van der Waals surface area contributed by atoms with E-state index in [1.807, 2.05) is 11.3 Å². The van der Waals surface area contributed by atoms with Crippen LogP contribution in [0, 0.1) is 0 Å². The Kier molecular flexibility index (Phi) is 6.67. The van der Waals surface area contributed by atoms with E-state index in [1.165, 1.54) is 91.4 Å². The molecule has 8 aromatic carbocycles. The predicted octanol–water partition coefficient (Wildman–Crippen LogP) is 14.7. The van der Waals surface area contributed by atoms with Crippen molar-refractivity contribution in [2.24, 2.45) is 4.99 Å². The summed E-state index contributed by atoms with van der Waals surface area (Å²) in [4.78, 5) is 5.57. The first kappa shape index (κ1) is 32.2. The van der Waals surface area contributed by atoms with Crippen molar-refractivity contribution in [3.63, 3.8) is 0 Å². The third kappa shape index (κ3) is 4.42. The molecule has 2 aliphatic rings. The highest BCUT2D eigenvalue weighted by molar-refractivity contribution is 7.25. The average molecular weight is 761 g/mol. The molecule has 4 heterocycles. The standard InChI is InChI=1S/C53H36N4S/c1-31-12-10-21-44-48(31)39-27-24-33-14-3-5-16-36(33)52(39)56(44)34-26-29-43-40(30-34)49-35-15-4-2-13-32(35)25-28-45(49)57(43)53-51(54-41-19-7-8-20-42(41)55-53)38-18-11-23-47-50(38)37-17-6-9-22-46(37)58-47/h2-11,13-31,53,55H,12H2,1H3. The largest absolute Gasteiger partial charge is 0.358 e. The molecule has 1 N–H and O–H groups in total. The maximum Gasteiger partial charge on any atom is 0.148 e. The quantitative estimate of drug-likeness (QED) is 0.191.